The van der Waals surface area contributed by atoms with E-state index in [0.717, 1.165) is 24.8 Å². The highest BCUT2D eigenvalue weighted by molar-refractivity contribution is 5.79. The lowest BCUT2D eigenvalue weighted by molar-refractivity contribution is 0.224. The molecular formula is C20H34N4O. The molecule has 5 heteroatoms. The first kappa shape index (κ1) is 19.6. The van der Waals surface area contributed by atoms with Gasteiger partial charge in [-0.2, -0.15) is 0 Å². The topological polar surface area (TPSA) is 48.9 Å². The molecule has 25 heavy (non-hydrogen) atoms. The Morgan fingerprint density at radius 2 is 1.80 bits per heavy atom. The lowest BCUT2D eigenvalue weighted by Gasteiger charge is -2.26. The summed E-state index contributed by atoms with van der Waals surface area (Å²) < 4.78 is 5.18. The van der Waals surface area contributed by atoms with Crippen LogP contribution in [-0.2, 0) is 6.54 Å². The largest absolute Gasteiger partial charge is 0.497 e. The maximum Gasteiger partial charge on any atom is 0.191 e. The number of nitrogens with one attached hydrogen (secondary N) is 2. The van der Waals surface area contributed by atoms with E-state index < -0.39 is 0 Å². The fourth-order valence-corrected chi connectivity index (χ4v) is 3.18. The Morgan fingerprint density at radius 3 is 2.48 bits per heavy atom. The second-order valence-corrected chi connectivity index (χ2v) is 6.66. The Morgan fingerprint density at radius 1 is 1.04 bits per heavy atom. The molecule has 0 atom stereocenters. The first-order valence-electron chi connectivity index (χ1n) is 9.61. The van der Waals surface area contributed by atoms with E-state index in [1.54, 1.807) is 7.11 Å². The van der Waals surface area contributed by atoms with Crippen LogP contribution >= 0.6 is 0 Å². The molecule has 140 valence electrons. The van der Waals surface area contributed by atoms with Crippen LogP contribution in [0, 0.1) is 0 Å². The van der Waals surface area contributed by atoms with Crippen molar-refractivity contribution in [3.63, 3.8) is 0 Å². The first-order valence-corrected chi connectivity index (χ1v) is 9.61. The third kappa shape index (κ3) is 7.78. The molecule has 0 radical (unpaired) electrons. The highest BCUT2D eigenvalue weighted by atomic mass is 16.5. The van der Waals surface area contributed by atoms with Crippen molar-refractivity contribution in [2.45, 2.75) is 45.1 Å². The number of nitrogens with zero attached hydrogens (tertiary/aromatic N) is 2. The van der Waals surface area contributed by atoms with E-state index in [2.05, 4.69) is 32.7 Å². The highest BCUT2D eigenvalue weighted by Gasteiger charge is 2.08. The van der Waals surface area contributed by atoms with Crippen molar-refractivity contribution in [3.05, 3.63) is 29.8 Å². The number of unbranched alkanes of at least 4 members (excludes halogenated alkanes) is 2. The third-order valence-corrected chi connectivity index (χ3v) is 4.73. The lowest BCUT2D eigenvalue weighted by atomic mass is 10.1. The van der Waals surface area contributed by atoms with Crippen LogP contribution in [0.2, 0.25) is 0 Å². The number of likely N-dealkylation sites (tertiary alicyclic amines) is 1. The van der Waals surface area contributed by atoms with Crippen molar-refractivity contribution in [3.8, 4) is 5.75 Å². The molecule has 1 aromatic rings. The minimum atomic E-state index is 0.763. The zero-order chi connectivity index (χ0) is 17.7. The Bertz CT molecular complexity index is 495. The quantitative estimate of drug-likeness (QED) is 0.410. The SMILES string of the molecule is CN=C(NCCCCCN1CCCCC1)NCc1ccc(OC)cc1. The van der Waals surface area contributed by atoms with E-state index in [4.69, 9.17) is 4.74 Å². The minimum absolute atomic E-state index is 0.763. The summed E-state index contributed by atoms with van der Waals surface area (Å²) in [5, 5.41) is 6.76. The fraction of sp³-hybridized carbons (Fsp3) is 0.650. The van der Waals surface area contributed by atoms with Crippen molar-refractivity contribution in [1.29, 1.82) is 0 Å². The molecule has 2 N–H and O–H groups in total. The predicted octanol–water partition coefficient (Wildman–Crippen LogP) is 3.02. The smallest absolute Gasteiger partial charge is 0.191 e. The van der Waals surface area contributed by atoms with Crippen LogP contribution in [0.5, 0.6) is 5.75 Å². The number of piperidine rings is 1. The molecule has 0 aliphatic carbocycles. The van der Waals surface area contributed by atoms with Gasteiger partial charge in [-0.05, 0) is 63.0 Å². The normalized spacial score (nSPS) is 15.8. The van der Waals surface area contributed by atoms with Gasteiger partial charge in [-0.25, -0.2) is 0 Å². The first-order chi connectivity index (χ1) is 12.3. The summed E-state index contributed by atoms with van der Waals surface area (Å²) in [6, 6.07) is 8.10. The van der Waals surface area contributed by atoms with Crippen LogP contribution in [0.25, 0.3) is 0 Å². The number of hydrogen-bond acceptors (Lipinski definition) is 3. The maximum atomic E-state index is 5.18. The van der Waals surface area contributed by atoms with Gasteiger partial charge in [0.2, 0.25) is 0 Å². The Hall–Kier alpha value is -1.75. The molecule has 0 saturated carbocycles. The van der Waals surface area contributed by atoms with Crippen LogP contribution < -0.4 is 15.4 Å². The van der Waals surface area contributed by atoms with Gasteiger partial charge in [0, 0.05) is 20.1 Å². The molecule has 0 aromatic heterocycles. The molecule has 0 spiro atoms. The molecular weight excluding hydrogens is 312 g/mol. The number of guanidine groups is 1. The molecule has 0 bridgehead atoms. The van der Waals surface area contributed by atoms with Crippen LogP contribution in [0.1, 0.15) is 44.1 Å². The summed E-state index contributed by atoms with van der Waals surface area (Å²) in [5.74, 6) is 1.75. The van der Waals surface area contributed by atoms with Gasteiger partial charge in [-0.15, -0.1) is 0 Å². The fourth-order valence-electron chi connectivity index (χ4n) is 3.18. The van der Waals surface area contributed by atoms with Gasteiger partial charge in [0.25, 0.3) is 0 Å². The Kier molecular flexibility index (Phi) is 9.19. The summed E-state index contributed by atoms with van der Waals surface area (Å²) in [4.78, 5) is 6.91. The molecule has 1 saturated heterocycles. The molecule has 1 heterocycles. The molecule has 1 fully saturated rings. The second-order valence-electron chi connectivity index (χ2n) is 6.66. The highest BCUT2D eigenvalue weighted by Crippen LogP contribution is 2.11. The van der Waals surface area contributed by atoms with Crippen molar-refractivity contribution >= 4 is 5.96 Å². The van der Waals surface area contributed by atoms with E-state index in [0.29, 0.717) is 0 Å². The van der Waals surface area contributed by atoms with Crippen LogP contribution in [0.15, 0.2) is 29.3 Å². The van der Waals surface area contributed by atoms with Crippen molar-refractivity contribution in [1.82, 2.24) is 15.5 Å². The Balaban J connectivity index is 1.53. The van der Waals surface area contributed by atoms with E-state index in [1.807, 2.05) is 19.2 Å². The van der Waals surface area contributed by atoms with Crippen molar-refractivity contribution < 1.29 is 4.74 Å². The molecule has 0 amide bonds. The van der Waals surface area contributed by atoms with E-state index >= 15 is 0 Å². The van der Waals surface area contributed by atoms with E-state index in [-0.39, 0.29) is 0 Å². The van der Waals surface area contributed by atoms with Crippen molar-refractivity contribution in [2.75, 3.05) is 40.3 Å². The predicted molar refractivity (Wildman–Crippen MR) is 105 cm³/mol. The summed E-state index contributed by atoms with van der Waals surface area (Å²) in [5.41, 5.74) is 1.21. The third-order valence-electron chi connectivity index (χ3n) is 4.73. The van der Waals surface area contributed by atoms with E-state index in [1.165, 1.54) is 63.7 Å². The van der Waals surface area contributed by atoms with Gasteiger partial charge in [0.05, 0.1) is 7.11 Å². The Labute approximate surface area is 152 Å². The molecule has 1 aliphatic rings. The van der Waals surface area contributed by atoms with Gasteiger partial charge in [0.1, 0.15) is 5.75 Å². The number of hydrogen-bond donors (Lipinski definition) is 2. The number of ether oxygens (including phenoxy) is 1. The molecule has 5 nitrogen and oxygen atoms in total. The molecule has 1 aliphatic heterocycles. The van der Waals surface area contributed by atoms with Gasteiger partial charge in [-0.3, -0.25) is 4.99 Å². The van der Waals surface area contributed by atoms with Crippen molar-refractivity contribution in [2.24, 2.45) is 4.99 Å². The molecule has 1 aromatic carbocycles. The standard InChI is InChI=1S/C20H34N4O/c1-21-20(23-17-18-9-11-19(25-2)12-10-18)22-13-5-3-6-14-24-15-7-4-8-16-24/h9-12H,3-8,13-17H2,1-2H3,(H2,21,22,23). The average molecular weight is 347 g/mol. The molecule has 0 unspecified atom stereocenters. The maximum absolute atomic E-state index is 5.18. The molecule has 2 rings (SSSR count). The van der Waals surface area contributed by atoms with Crippen LogP contribution in [0.4, 0.5) is 0 Å². The van der Waals surface area contributed by atoms with E-state index in [9.17, 15) is 0 Å². The van der Waals surface area contributed by atoms with Gasteiger partial charge >= 0.3 is 0 Å². The zero-order valence-corrected chi connectivity index (χ0v) is 15.9. The number of aliphatic imine (C=N–C) groups is 1. The summed E-state index contributed by atoms with van der Waals surface area (Å²) in [6.07, 6.45) is 7.97. The van der Waals surface area contributed by atoms with Gasteiger partial charge in [0.15, 0.2) is 5.96 Å². The van der Waals surface area contributed by atoms with Crippen LogP contribution in [0.3, 0.4) is 0 Å². The monoisotopic (exact) mass is 346 g/mol. The number of benzene rings is 1. The lowest BCUT2D eigenvalue weighted by Crippen LogP contribution is -2.37. The van der Waals surface area contributed by atoms with Gasteiger partial charge < -0.3 is 20.3 Å². The minimum Gasteiger partial charge on any atom is -0.497 e. The zero-order valence-electron chi connectivity index (χ0n) is 15.9. The second kappa shape index (κ2) is 11.7. The number of methoxy groups -OCH3 is 1. The number of rotatable bonds is 9. The summed E-state index contributed by atoms with van der Waals surface area (Å²) in [7, 11) is 3.51. The van der Waals surface area contributed by atoms with Crippen LogP contribution in [-0.4, -0.2) is 51.2 Å². The summed E-state index contributed by atoms with van der Waals surface area (Å²) in [6.45, 7) is 5.62. The summed E-state index contributed by atoms with van der Waals surface area (Å²) >= 11 is 0. The average Bonchev–Trinajstić information content (AvgIpc) is 2.68. The van der Waals surface area contributed by atoms with Gasteiger partial charge in [-0.1, -0.05) is 25.0 Å².